The number of ketones is 1. The molecule has 3 aromatic carbocycles. The first-order chi connectivity index (χ1) is 21.1. The molecule has 0 spiro atoms. The van der Waals surface area contributed by atoms with Crippen LogP contribution in [-0.4, -0.2) is 48.3 Å². The second kappa shape index (κ2) is 12.7. The van der Waals surface area contributed by atoms with Gasteiger partial charge in [-0.3, -0.25) is 14.6 Å². The first-order valence-electron chi connectivity index (χ1n) is 13.7. The van der Waals surface area contributed by atoms with Crippen molar-refractivity contribution in [1.82, 2.24) is 4.98 Å². The van der Waals surface area contributed by atoms with Crippen LogP contribution in [0.25, 0.3) is 6.08 Å². The third-order valence-corrected chi connectivity index (χ3v) is 7.95. The molecule has 2 N–H and O–H groups in total. The number of Topliss-reactive ketones (excluding diaryl/α,β-unsaturated/α-hetero) is 1. The normalized spacial score (nSPS) is 15.9. The van der Waals surface area contributed by atoms with Crippen molar-refractivity contribution in [3.05, 3.63) is 97.5 Å². The second-order valence-corrected chi connectivity index (χ2v) is 11.5. The van der Waals surface area contributed by atoms with Crippen LogP contribution in [0.1, 0.15) is 45.3 Å². The topological polar surface area (TPSA) is 133 Å². The van der Waals surface area contributed by atoms with Crippen LogP contribution in [0, 0.1) is 6.92 Å². The van der Waals surface area contributed by atoms with Crippen molar-refractivity contribution in [1.29, 1.82) is 0 Å². The molecule has 1 aliphatic heterocycles. The van der Waals surface area contributed by atoms with Crippen LogP contribution in [0.3, 0.4) is 0 Å². The Labute approximate surface area is 257 Å². The number of methoxy groups -OCH3 is 2. The number of H-pyrrole nitrogens is 1. The van der Waals surface area contributed by atoms with Gasteiger partial charge in [0.25, 0.3) is 0 Å². The highest BCUT2D eigenvalue weighted by atomic mass is 32.1. The van der Waals surface area contributed by atoms with E-state index in [1.165, 1.54) is 20.3 Å². The fourth-order valence-electron chi connectivity index (χ4n) is 4.95. The zero-order chi connectivity index (χ0) is 31.4. The number of aromatic amines is 1. The largest absolute Gasteiger partial charge is 0.494 e. The number of carbonyl (C=O) groups excluding carboxylic acids is 2. The van der Waals surface area contributed by atoms with Gasteiger partial charge in [-0.25, -0.2) is 4.79 Å². The lowest BCUT2D eigenvalue weighted by atomic mass is 9.89. The summed E-state index contributed by atoms with van der Waals surface area (Å²) in [7, 11) is 2.83. The maximum Gasteiger partial charge on any atom is 0.336 e. The highest BCUT2D eigenvalue weighted by molar-refractivity contribution is 7.09. The Hall–Kier alpha value is -5.03. The molecule has 0 bridgehead atoms. The lowest BCUT2D eigenvalue weighted by Gasteiger charge is -2.36. The average Bonchev–Trinajstić information content (AvgIpc) is 3.32. The molecule has 1 aliphatic rings. The van der Waals surface area contributed by atoms with Gasteiger partial charge in [0.05, 0.1) is 31.1 Å². The zero-order valence-corrected chi connectivity index (χ0v) is 25.4. The van der Waals surface area contributed by atoms with Crippen LogP contribution >= 0.6 is 11.3 Å². The summed E-state index contributed by atoms with van der Waals surface area (Å²) >= 11 is 0.960. The first kappa shape index (κ1) is 30.4. The van der Waals surface area contributed by atoms with Gasteiger partial charge in [0.1, 0.15) is 18.0 Å². The third-order valence-electron chi connectivity index (χ3n) is 7.08. The van der Waals surface area contributed by atoms with Gasteiger partial charge < -0.3 is 28.8 Å². The number of benzene rings is 3. The Morgan fingerprint density at radius 2 is 1.75 bits per heavy atom. The van der Waals surface area contributed by atoms with Crippen LogP contribution in [0.5, 0.6) is 34.6 Å². The molecule has 11 heteroatoms. The Kier molecular flexibility index (Phi) is 8.77. The Balaban J connectivity index is 1.34. The van der Waals surface area contributed by atoms with Crippen molar-refractivity contribution in [3.8, 4) is 34.6 Å². The molecule has 0 amide bonds. The van der Waals surface area contributed by atoms with Gasteiger partial charge in [0.15, 0.2) is 17.3 Å². The molecule has 5 rings (SSSR count). The molecule has 4 aromatic rings. The number of hydrogen-bond acceptors (Lipinski definition) is 10. The van der Waals surface area contributed by atoms with Gasteiger partial charge in [0.2, 0.25) is 17.4 Å². The standard InChI is InChI=1S/C33H31NO9S/c1-19-26-23(35)17-33(2,18-41-22-13-10-21(11-14-22)16-24-31(37)34-32(38)44-24)43-28(26)30(40-4)29(39-3)27(19)42-25(36)15-12-20-8-6-5-7-9-20/h5-15,37H,16-18H2,1-4H3,(H,34,38). The number of esters is 1. The highest BCUT2D eigenvalue weighted by Crippen LogP contribution is 2.53. The van der Waals surface area contributed by atoms with E-state index in [1.807, 2.05) is 42.5 Å². The van der Waals surface area contributed by atoms with Crippen LogP contribution in [0.4, 0.5) is 0 Å². The summed E-state index contributed by atoms with van der Waals surface area (Å²) in [5.41, 5.74) is 1.29. The number of carbonyl (C=O) groups is 2. The SMILES string of the molecule is COc1c(OC(=O)C=Cc2ccccc2)c(C)c2c(c1OC)OC(C)(COc1ccc(Cc3sc(=O)[nH]c3O)cc1)CC2=O. The van der Waals surface area contributed by atoms with E-state index in [-0.39, 0.29) is 58.1 Å². The van der Waals surface area contributed by atoms with Crippen molar-refractivity contribution in [2.75, 3.05) is 20.8 Å². The smallest absolute Gasteiger partial charge is 0.336 e. The number of aromatic hydroxyl groups is 1. The van der Waals surface area contributed by atoms with E-state index < -0.39 is 11.6 Å². The van der Waals surface area contributed by atoms with E-state index in [2.05, 4.69) is 4.98 Å². The molecule has 1 aromatic heterocycles. The van der Waals surface area contributed by atoms with E-state index in [0.29, 0.717) is 22.6 Å². The van der Waals surface area contributed by atoms with Crippen LogP contribution in [0.2, 0.25) is 0 Å². The maximum atomic E-state index is 13.6. The quantitative estimate of drug-likeness (QED) is 0.135. The predicted molar refractivity (Wildman–Crippen MR) is 165 cm³/mol. The minimum Gasteiger partial charge on any atom is -0.494 e. The van der Waals surface area contributed by atoms with E-state index in [9.17, 15) is 19.5 Å². The highest BCUT2D eigenvalue weighted by Gasteiger charge is 2.42. The van der Waals surface area contributed by atoms with E-state index >= 15 is 0 Å². The molecule has 0 aliphatic carbocycles. The van der Waals surface area contributed by atoms with Crippen molar-refractivity contribution < 1.29 is 38.4 Å². The Morgan fingerprint density at radius 1 is 1.05 bits per heavy atom. The third kappa shape index (κ3) is 6.47. The van der Waals surface area contributed by atoms with Gasteiger partial charge in [-0.2, -0.15) is 0 Å². The van der Waals surface area contributed by atoms with E-state index in [1.54, 1.807) is 32.1 Å². The van der Waals surface area contributed by atoms with E-state index in [4.69, 9.17) is 23.7 Å². The Morgan fingerprint density at radius 3 is 2.39 bits per heavy atom. The number of nitrogens with one attached hydrogen (secondary N) is 1. The summed E-state index contributed by atoms with van der Waals surface area (Å²) in [5, 5.41) is 9.84. The van der Waals surface area contributed by atoms with Crippen molar-refractivity contribution in [3.63, 3.8) is 0 Å². The minimum absolute atomic E-state index is 0.00138. The molecule has 44 heavy (non-hydrogen) atoms. The van der Waals surface area contributed by atoms with E-state index in [0.717, 1.165) is 22.5 Å². The summed E-state index contributed by atoms with van der Waals surface area (Å²) < 4.78 is 29.3. The lowest BCUT2D eigenvalue weighted by Crippen LogP contribution is -2.44. The van der Waals surface area contributed by atoms with Crippen LogP contribution in [0.15, 0.2) is 65.5 Å². The second-order valence-electron chi connectivity index (χ2n) is 10.4. The molecular weight excluding hydrogens is 586 g/mol. The van der Waals surface area contributed by atoms with Crippen molar-refractivity contribution in [2.24, 2.45) is 0 Å². The number of rotatable bonds is 10. The number of ether oxygens (including phenoxy) is 5. The molecule has 0 saturated heterocycles. The summed E-state index contributed by atoms with van der Waals surface area (Å²) in [5.74, 6) is 0.0569. The first-order valence-corrected chi connectivity index (χ1v) is 14.5. The van der Waals surface area contributed by atoms with Crippen molar-refractivity contribution >= 4 is 29.2 Å². The number of hydrogen-bond donors (Lipinski definition) is 2. The molecule has 0 radical (unpaired) electrons. The molecule has 10 nitrogen and oxygen atoms in total. The zero-order valence-electron chi connectivity index (χ0n) is 24.6. The molecule has 0 fully saturated rings. The molecule has 0 saturated carbocycles. The lowest BCUT2D eigenvalue weighted by molar-refractivity contribution is -0.129. The van der Waals surface area contributed by atoms with Gasteiger partial charge in [0, 0.05) is 18.1 Å². The molecule has 1 unspecified atom stereocenters. The van der Waals surface area contributed by atoms with Crippen molar-refractivity contribution in [2.45, 2.75) is 32.3 Å². The number of thiazole rings is 1. The monoisotopic (exact) mass is 617 g/mol. The Bertz CT molecular complexity index is 1770. The van der Waals surface area contributed by atoms with Gasteiger partial charge in [-0.1, -0.05) is 53.8 Å². The maximum absolute atomic E-state index is 13.6. The summed E-state index contributed by atoms with van der Waals surface area (Å²) in [4.78, 5) is 40.4. The van der Waals surface area contributed by atoms with Gasteiger partial charge >= 0.3 is 10.8 Å². The molecular formula is C33H31NO9S. The van der Waals surface area contributed by atoms with Crippen LogP contribution in [-0.2, 0) is 11.2 Å². The fourth-order valence-corrected chi connectivity index (χ4v) is 5.71. The summed E-state index contributed by atoms with van der Waals surface area (Å²) in [6, 6.07) is 16.5. The minimum atomic E-state index is -1.05. The van der Waals surface area contributed by atoms with Crippen LogP contribution < -0.4 is 28.6 Å². The number of fused-ring (bicyclic) bond motifs is 1. The summed E-state index contributed by atoms with van der Waals surface area (Å²) in [6.07, 6.45) is 3.32. The average molecular weight is 618 g/mol. The molecule has 1 atom stereocenters. The molecule has 228 valence electrons. The fraction of sp³-hybridized carbons (Fsp3) is 0.242. The van der Waals surface area contributed by atoms with Gasteiger partial charge in [-0.15, -0.1) is 0 Å². The van der Waals surface area contributed by atoms with Gasteiger partial charge in [-0.05, 0) is 43.2 Å². The molecule has 2 heterocycles. The summed E-state index contributed by atoms with van der Waals surface area (Å²) in [6.45, 7) is 3.48. The predicted octanol–water partition coefficient (Wildman–Crippen LogP) is 5.48. The number of aromatic nitrogens is 1.